The maximum Gasteiger partial charge on any atom is 0.263 e. The number of rotatable bonds is 3. The summed E-state index contributed by atoms with van der Waals surface area (Å²) < 4.78 is 5.13. The van der Waals surface area contributed by atoms with Crippen molar-refractivity contribution in [3.05, 3.63) is 39.7 Å². The molecule has 0 aliphatic heterocycles. The highest BCUT2D eigenvalue weighted by molar-refractivity contribution is 7.13. The maximum atomic E-state index is 11.8. The number of carbonyl (C=O) groups excluding carboxylic acids is 1. The van der Waals surface area contributed by atoms with Crippen molar-refractivity contribution < 1.29 is 9.21 Å². The van der Waals surface area contributed by atoms with Crippen molar-refractivity contribution in [3.63, 3.8) is 0 Å². The van der Waals surface area contributed by atoms with E-state index >= 15 is 0 Å². The highest BCUT2D eigenvalue weighted by atomic mass is 32.1. The Hall–Kier alpha value is -1.62. The lowest BCUT2D eigenvalue weighted by Crippen LogP contribution is -2.22. The van der Waals surface area contributed by atoms with Gasteiger partial charge in [0.25, 0.3) is 5.91 Å². The summed E-state index contributed by atoms with van der Waals surface area (Å²) in [7, 11) is 0. The van der Waals surface area contributed by atoms with Gasteiger partial charge in [0.1, 0.15) is 10.6 Å². The van der Waals surface area contributed by atoms with Gasteiger partial charge in [-0.1, -0.05) is 0 Å². The largest absolute Gasteiger partial charge is 0.467 e. The van der Waals surface area contributed by atoms with Gasteiger partial charge in [-0.15, -0.1) is 11.3 Å². The van der Waals surface area contributed by atoms with E-state index in [2.05, 4.69) is 10.3 Å². The lowest BCUT2D eigenvalue weighted by atomic mass is 10.3. The minimum Gasteiger partial charge on any atom is -0.467 e. The van der Waals surface area contributed by atoms with E-state index in [0.717, 1.165) is 16.5 Å². The van der Waals surface area contributed by atoms with Gasteiger partial charge in [-0.25, -0.2) is 4.98 Å². The Morgan fingerprint density at radius 1 is 1.56 bits per heavy atom. The summed E-state index contributed by atoms with van der Waals surface area (Å²) >= 11 is 1.41. The molecule has 0 bridgehead atoms. The Balaban J connectivity index is 2.01. The molecular formula is C11H12N2O2S. The van der Waals surface area contributed by atoms with Gasteiger partial charge in [-0.2, -0.15) is 0 Å². The number of aromatic nitrogens is 1. The fraction of sp³-hybridized carbons (Fsp3) is 0.273. The molecule has 0 fully saturated rings. The molecule has 0 aliphatic carbocycles. The second kappa shape index (κ2) is 4.49. The molecule has 2 aromatic heterocycles. The van der Waals surface area contributed by atoms with Gasteiger partial charge in [0, 0.05) is 0 Å². The van der Waals surface area contributed by atoms with Crippen molar-refractivity contribution in [1.29, 1.82) is 0 Å². The molecule has 0 aliphatic rings. The van der Waals surface area contributed by atoms with E-state index in [9.17, 15) is 4.79 Å². The topological polar surface area (TPSA) is 55.1 Å². The van der Waals surface area contributed by atoms with Crippen LogP contribution in [0.15, 0.2) is 22.8 Å². The van der Waals surface area contributed by atoms with Gasteiger partial charge in [0.05, 0.1) is 23.5 Å². The lowest BCUT2D eigenvalue weighted by Gasteiger charge is -2.00. The Morgan fingerprint density at radius 2 is 2.38 bits per heavy atom. The van der Waals surface area contributed by atoms with Crippen molar-refractivity contribution in [2.24, 2.45) is 0 Å². The molecule has 0 radical (unpaired) electrons. The average Bonchev–Trinajstić information content (AvgIpc) is 2.84. The summed E-state index contributed by atoms with van der Waals surface area (Å²) in [6.07, 6.45) is 1.59. The Labute approximate surface area is 97.3 Å². The van der Waals surface area contributed by atoms with Crippen molar-refractivity contribution in [2.45, 2.75) is 20.4 Å². The van der Waals surface area contributed by atoms with E-state index < -0.39 is 0 Å². The molecule has 84 valence electrons. The molecule has 0 aromatic carbocycles. The third-order valence-electron chi connectivity index (χ3n) is 2.11. The molecule has 0 spiro atoms. The first-order valence-corrected chi connectivity index (χ1v) is 5.73. The van der Waals surface area contributed by atoms with Crippen LogP contribution < -0.4 is 5.32 Å². The third kappa shape index (κ3) is 2.30. The summed E-state index contributed by atoms with van der Waals surface area (Å²) in [6.45, 7) is 4.13. The molecule has 0 unspecified atom stereocenters. The van der Waals surface area contributed by atoms with Crippen LogP contribution in [-0.2, 0) is 6.54 Å². The summed E-state index contributed by atoms with van der Waals surface area (Å²) in [5.41, 5.74) is 0.777. The molecule has 5 heteroatoms. The second-order valence-corrected chi connectivity index (χ2v) is 4.61. The van der Waals surface area contributed by atoms with Gasteiger partial charge in [0.2, 0.25) is 0 Å². The van der Waals surface area contributed by atoms with Crippen LogP contribution >= 0.6 is 11.3 Å². The van der Waals surface area contributed by atoms with Crippen LogP contribution in [0.25, 0.3) is 0 Å². The summed E-state index contributed by atoms with van der Waals surface area (Å²) in [6, 6.07) is 3.62. The number of furan rings is 1. The van der Waals surface area contributed by atoms with E-state index in [-0.39, 0.29) is 5.91 Å². The predicted molar refractivity (Wildman–Crippen MR) is 61.5 cm³/mol. The minimum atomic E-state index is -0.0977. The van der Waals surface area contributed by atoms with Crippen molar-refractivity contribution in [1.82, 2.24) is 10.3 Å². The number of nitrogens with zero attached hydrogens (tertiary/aromatic N) is 1. The number of hydrogen-bond donors (Lipinski definition) is 1. The van der Waals surface area contributed by atoms with Crippen LogP contribution in [0.1, 0.15) is 26.1 Å². The number of aryl methyl sites for hydroxylation is 2. The molecule has 0 atom stereocenters. The van der Waals surface area contributed by atoms with Gasteiger partial charge in [-0.05, 0) is 26.0 Å². The number of carbonyl (C=O) groups is 1. The van der Waals surface area contributed by atoms with Gasteiger partial charge < -0.3 is 9.73 Å². The molecule has 1 amide bonds. The summed E-state index contributed by atoms with van der Waals surface area (Å²) in [4.78, 5) is 16.7. The van der Waals surface area contributed by atoms with Crippen LogP contribution in [0.4, 0.5) is 0 Å². The van der Waals surface area contributed by atoms with Crippen molar-refractivity contribution in [2.75, 3.05) is 0 Å². The van der Waals surface area contributed by atoms with E-state index in [1.807, 2.05) is 19.9 Å². The zero-order valence-corrected chi connectivity index (χ0v) is 9.93. The molecule has 1 N–H and O–H groups in total. The fourth-order valence-corrected chi connectivity index (χ4v) is 2.24. The lowest BCUT2D eigenvalue weighted by molar-refractivity contribution is 0.0951. The normalized spacial score (nSPS) is 10.4. The Morgan fingerprint density at radius 3 is 2.94 bits per heavy atom. The Kier molecular flexibility index (Phi) is 3.05. The second-order valence-electron chi connectivity index (χ2n) is 3.41. The smallest absolute Gasteiger partial charge is 0.263 e. The standard InChI is InChI=1S/C11H12N2O2S/c1-7-10(16-8(2)13-7)11(14)12-6-9-4-3-5-15-9/h3-5H,6H2,1-2H3,(H,12,14). The molecular weight excluding hydrogens is 224 g/mol. The SMILES string of the molecule is Cc1nc(C)c(C(=O)NCc2ccco2)s1. The van der Waals surface area contributed by atoms with Gasteiger partial charge in [-0.3, -0.25) is 4.79 Å². The number of amides is 1. The molecule has 16 heavy (non-hydrogen) atoms. The first-order valence-electron chi connectivity index (χ1n) is 4.91. The first kappa shape index (κ1) is 10.9. The molecule has 0 saturated heterocycles. The zero-order chi connectivity index (χ0) is 11.5. The monoisotopic (exact) mass is 236 g/mol. The maximum absolute atomic E-state index is 11.8. The van der Waals surface area contributed by atoms with Crippen LogP contribution in [-0.4, -0.2) is 10.9 Å². The van der Waals surface area contributed by atoms with Crippen LogP contribution in [0.3, 0.4) is 0 Å². The molecule has 0 saturated carbocycles. The molecule has 2 aromatic rings. The van der Waals surface area contributed by atoms with Gasteiger partial charge in [0.15, 0.2) is 0 Å². The summed E-state index contributed by atoms with van der Waals surface area (Å²) in [5.74, 6) is 0.645. The van der Waals surface area contributed by atoms with Crippen LogP contribution in [0.5, 0.6) is 0 Å². The highest BCUT2D eigenvalue weighted by Gasteiger charge is 2.13. The predicted octanol–water partition coefficient (Wildman–Crippen LogP) is 2.28. The molecule has 2 heterocycles. The summed E-state index contributed by atoms with van der Waals surface area (Å²) in [5, 5.41) is 3.70. The third-order valence-corrected chi connectivity index (χ3v) is 3.18. The van der Waals surface area contributed by atoms with E-state index in [0.29, 0.717) is 11.4 Å². The number of hydrogen-bond acceptors (Lipinski definition) is 4. The van der Waals surface area contributed by atoms with Crippen LogP contribution in [0, 0.1) is 13.8 Å². The van der Waals surface area contributed by atoms with Gasteiger partial charge >= 0.3 is 0 Å². The van der Waals surface area contributed by atoms with Crippen molar-refractivity contribution >= 4 is 17.2 Å². The number of thiazole rings is 1. The van der Waals surface area contributed by atoms with E-state index in [4.69, 9.17) is 4.42 Å². The van der Waals surface area contributed by atoms with E-state index in [1.165, 1.54) is 11.3 Å². The van der Waals surface area contributed by atoms with Crippen molar-refractivity contribution in [3.8, 4) is 0 Å². The fourth-order valence-electron chi connectivity index (χ4n) is 1.40. The average molecular weight is 236 g/mol. The van der Waals surface area contributed by atoms with E-state index in [1.54, 1.807) is 12.3 Å². The van der Waals surface area contributed by atoms with Crippen LogP contribution in [0.2, 0.25) is 0 Å². The molecule has 2 rings (SSSR count). The first-order chi connectivity index (χ1) is 7.66. The molecule has 4 nitrogen and oxygen atoms in total. The zero-order valence-electron chi connectivity index (χ0n) is 9.11. The highest BCUT2D eigenvalue weighted by Crippen LogP contribution is 2.16. The minimum absolute atomic E-state index is 0.0977. The quantitative estimate of drug-likeness (QED) is 0.889. The Bertz CT molecular complexity index is 488. The number of nitrogens with one attached hydrogen (secondary N) is 1.